The number of hydrogen-bond donors (Lipinski definition) is 0. The van der Waals surface area contributed by atoms with Crippen molar-refractivity contribution in [3.05, 3.63) is 50.9 Å². The Hall–Kier alpha value is -3.00. The van der Waals surface area contributed by atoms with Crippen molar-refractivity contribution in [3.8, 4) is 5.75 Å². The number of rotatable bonds is 5. The summed E-state index contributed by atoms with van der Waals surface area (Å²) in [4.78, 5) is 45.8. The first-order chi connectivity index (χ1) is 13.9. The van der Waals surface area contributed by atoms with E-state index in [0.29, 0.717) is 39.6 Å². The van der Waals surface area contributed by atoms with Gasteiger partial charge in [0, 0.05) is 17.0 Å². The van der Waals surface area contributed by atoms with E-state index in [0.717, 1.165) is 11.3 Å². The van der Waals surface area contributed by atoms with Gasteiger partial charge in [0.1, 0.15) is 16.4 Å². The molecule has 0 saturated heterocycles. The highest BCUT2D eigenvalue weighted by Crippen LogP contribution is 2.33. The lowest BCUT2D eigenvalue weighted by molar-refractivity contribution is -0.121. The van der Waals surface area contributed by atoms with Gasteiger partial charge >= 0.3 is 0 Å². The summed E-state index contributed by atoms with van der Waals surface area (Å²) in [7, 11) is 0. The second-order valence-corrected chi connectivity index (χ2v) is 8.30. The third-order valence-corrected chi connectivity index (χ3v) is 5.88. The molecular formula is C21H21N3O4S. The molecule has 0 N–H and O–H groups in total. The summed E-state index contributed by atoms with van der Waals surface area (Å²) in [6.45, 7) is 6.09. The zero-order valence-corrected chi connectivity index (χ0v) is 17.3. The molecule has 0 aliphatic carbocycles. The van der Waals surface area contributed by atoms with Gasteiger partial charge in [0.05, 0.1) is 17.6 Å². The Morgan fingerprint density at radius 3 is 2.79 bits per heavy atom. The molecule has 29 heavy (non-hydrogen) atoms. The number of carbonyl (C=O) groups excluding carboxylic acids is 2. The molecule has 0 radical (unpaired) electrons. The molecule has 7 nitrogen and oxygen atoms in total. The summed E-state index contributed by atoms with van der Waals surface area (Å²) in [6, 6.07) is 6.85. The molecule has 0 unspecified atom stereocenters. The topological polar surface area (TPSA) is 81.5 Å². The lowest BCUT2D eigenvalue weighted by Gasteiger charge is -2.29. The van der Waals surface area contributed by atoms with Crippen molar-refractivity contribution in [2.24, 2.45) is 0 Å². The number of nitrogens with zero attached hydrogens (tertiary/aromatic N) is 3. The fourth-order valence-corrected chi connectivity index (χ4v) is 4.42. The standard InChI is InChI=1S/C21H21N3O4S/c1-4-7-23-16-9-14(5-6-18(16)28-11-19(23)26)17(25)10-24-13(3)22-20-15(21(24)27)8-12(2)29-20/h5-6,8-9H,4,7,10-11H2,1-3H3. The average molecular weight is 411 g/mol. The van der Waals surface area contributed by atoms with Crippen molar-refractivity contribution in [2.75, 3.05) is 18.1 Å². The first-order valence-electron chi connectivity index (χ1n) is 9.47. The zero-order chi connectivity index (χ0) is 20.7. The lowest BCUT2D eigenvalue weighted by Crippen LogP contribution is -2.39. The van der Waals surface area contributed by atoms with Crippen molar-refractivity contribution < 1.29 is 14.3 Å². The highest BCUT2D eigenvalue weighted by molar-refractivity contribution is 7.18. The van der Waals surface area contributed by atoms with Crippen molar-refractivity contribution in [2.45, 2.75) is 33.7 Å². The Labute approximate surface area is 171 Å². The van der Waals surface area contributed by atoms with E-state index in [9.17, 15) is 14.4 Å². The third kappa shape index (κ3) is 3.44. The number of anilines is 1. The summed E-state index contributed by atoms with van der Waals surface area (Å²) in [6.07, 6.45) is 0.795. The molecule has 0 saturated carbocycles. The molecule has 2 aromatic heterocycles. The van der Waals surface area contributed by atoms with Crippen LogP contribution in [0.25, 0.3) is 10.2 Å². The minimum absolute atomic E-state index is 0.000618. The fourth-order valence-electron chi connectivity index (χ4n) is 3.50. The van der Waals surface area contributed by atoms with Crippen molar-refractivity contribution in [3.63, 3.8) is 0 Å². The minimum Gasteiger partial charge on any atom is -0.482 e. The lowest BCUT2D eigenvalue weighted by atomic mass is 10.1. The number of ketones is 1. The van der Waals surface area contributed by atoms with E-state index in [2.05, 4.69) is 4.98 Å². The van der Waals surface area contributed by atoms with Crippen LogP contribution in [0.5, 0.6) is 5.75 Å². The SMILES string of the molecule is CCCN1C(=O)COc2ccc(C(=O)Cn3c(C)nc4sc(C)cc4c3=O)cc21. The van der Waals surface area contributed by atoms with Crippen LogP contribution >= 0.6 is 11.3 Å². The number of ether oxygens (including phenoxy) is 1. The number of aryl methyl sites for hydroxylation is 2. The first kappa shape index (κ1) is 19.3. The summed E-state index contributed by atoms with van der Waals surface area (Å²) >= 11 is 1.46. The molecule has 0 bridgehead atoms. The molecule has 0 spiro atoms. The Morgan fingerprint density at radius 1 is 1.24 bits per heavy atom. The van der Waals surface area contributed by atoms with Crippen LogP contribution in [0.4, 0.5) is 5.69 Å². The first-order valence-corrected chi connectivity index (χ1v) is 10.3. The fraction of sp³-hybridized carbons (Fsp3) is 0.333. The van der Waals surface area contributed by atoms with Gasteiger partial charge in [-0.1, -0.05) is 6.92 Å². The van der Waals surface area contributed by atoms with Gasteiger partial charge in [-0.3, -0.25) is 19.0 Å². The summed E-state index contributed by atoms with van der Waals surface area (Å²) < 4.78 is 6.89. The van der Waals surface area contributed by atoms with E-state index in [1.54, 1.807) is 36.1 Å². The van der Waals surface area contributed by atoms with Gasteiger partial charge in [0.15, 0.2) is 12.4 Å². The largest absolute Gasteiger partial charge is 0.482 e. The molecule has 3 aromatic rings. The smallest absolute Gasteiger partial charge is 0.265 e. The molecule has 8 heteroatoms. The monoisotopic (exact) mass is 411 g/mol. The average Bonchev–Trinajstić information content (AvgIpc) is 3.07. The van der Waals surface area contributed by atoms with Crippen LogP contribution in [0.3, 0.4) is 0 Å². The summed E-state index contributed by atoms with van der Waals surface area (Å²) in [5, 5.41) is 0.532. The molecule has 3 heterocycles. The predicted octanol–water partition coefficient (Wildman–Crippen LogP) is 3.09. The Balaban J connectivity index is 1.69. The number of Topliss-reactive ketones (excluding diaryl/α,β-unsaturated/α-hetero) is 1. The van der Waals surface area contributed by atoms with Crippen molar-refractivity contribution in [1.29, 1.82) is 0 Å². The van der Waals surface area contributed by atoms with Gasteiger partial charge in [0.25, 0.3) is 11.5 Å². The van der Waals surface area contributed by atoms with Gasteiger partial charge in [0.2, 0.25) is 0 Å². The number of hydrogen-bond acceptors (Lipinski definition) is 6. The predicted molar refractivity (Wildman–Crippen MR) is 112 cm³/mol. The van der Waals surface area contributed by atoms with E-state index in [-0.39, 0.29) is 30.4 Å². The Morgan fingerprint density at radius 2 is 2.03 bits per heavy atom. The Bertz CT molecular complexity index is 1190. The second kappa shape index (κ2) is 7.44. The minimum atomic E-state index is -0.222. The van der Waals surface area contributed by atoms with Crippen LogP contribution in [0.2, 0.25) is 0 Å². The number of amides is 1. The molecule has 0 fully saturated rings. The quantitative estimate of drug-likeness (QED) is 0.603. The summed E-state index contributed by atoms with van der Waals surface area (Å²) in [5.41, 5.74) is 0.811. The van der Waals surface area contributed by atoms with E-state index in [4.69, 9.17) is 4.74 Å². The molecule has 4 rings (SSSR count). The van der Waals surface area contributed by atoms with Crippen LogP contribution in [0.1, 0.15) is 34.4 Å². The van der Waals surface area contributed by atoms with Crippen molar-refractivity contribution in [1.82, 2.24) is 9.55 Å². The van der Waals surface area contributed by atoms with E-state index < -0.39 is 0 Å². The normalized spacial score (nSPS) is 13.5. The van der Waals surface area contributed by atoms with Crippen LogP contribution in [0.15, 0.2) is 29.1 Å². The van der Waals surface area contributed by atoms with Crippen LogP contribution < -0.4 is 15.2 Å². The highest BCUT2D eigenvalue weighted by Gasteiger charge is 2.26. The van der Waals surface area contributed by atoms with Gasteiger partial charge in [-0.15, -0.1) is 11.3 Å². The molecule has 1 aliphatic rings. The third-order valence-electron chi connectivity index (χ3n) is 4.94. The molecule has 1 aromatic carbocycles. The summed E-state index contributed by atoms with van der Waals surface area (Å²) in [5.74, 6) is 0.737. The second-order valence-electron chi connectivity index (χ2n) is 7.07. The van der Waals surface area contributed by atoms with Gasteiger partial charge in [-0.05, 0) is 44.5 Å². The van der Waals surface area contributed by atoms with Crippen LogP contribution in [-0.2, 0) is 11.3 Å². The molecule has 0 atom stereocenters. The number of benzene rings is 1. The van der Waals surface area contributed by atoms with Crippen molar-refractivity contribution >= 4 is 38.9 Å². The van der Waals surface area contributed by atoms with Gasteiger partial charge in [-0.25, -0.2) is 4.98 Å². The number of thiophene rings is 1. The van der Waals surface area contributed by atoms with Crippen LogP contribution in [-0.4, -0.2) is 34.4 Å². The number of aromatic nitrogens is 2. The molecule has 1 amide bonds. The van der Waals surface area contributed by atoms with Gasteiger partial charge in [-0.2, -0.15) is 0 Å². The van der Waals surface area contributed by atoms with E-state index in [1.807, 2.05) is 13.8 Å². The maximum Gasteiger partial charge on any atom is 0.265 e. The number of fused-ring (bicyclic) bond motifs is 2. The van der Waals surface area contributed by atoms with Crippen LogP contribution in [0, 0.1) is 13.8 Å². The highest BCUT2D eigenvalue weighted by atomic mass is 32.1. The number of carbonyl (C=O) groups is 2. The molecular weight excluding hydrogens is 390 g/mol. The zero-order valence-electron chi connectivity index (χ0n) is 16.5. The maximum atomic E-state index is 13.0. The molecule has 150 valence electrons. The van der Waals surface area contributed by atoms with Gasteiger partial charge < -0.3 is 9.64 Å². The maximum absolute atomic E-state index is 13.0. The Kier molecular flexibility index (Phi) is 4.96. The van der Waals surface area contributed by atoms with E-state index in [1.165, 1.54) is 15.9 Å². The molecule has 1 aliphatic heterocycles. The van der Waals surface area contributed by atoms with E-state index >= 15 is 0 Å².